The predicted molar refractivity (Wildman–Crippen MR) is 242 cm³/mol. The van der Waals surface area contributed by atoms with Crippen LogP contribution in [0.5, 0.6) is 11.5 Å². The maximum atomic E-state index is 6.58. The van der Waals surface area contributed by atoms with E-state index in [-0.39, 0.29) is 42.7 Å². The second kappa shape index (κ2) is 15.5. The first-order valence-corrected chi connectivity index (χ1v) is 20.4. The first-order valence-electron chi connectivity index (χ1n) is 20.4. The molecule has 0 unspecified atom stereocenters. The molecule has 1 aliphatic rings. The molecule has 5 nitrogen and oxygen atoms in total. The Kier molecular flexibility index (Phi) is 11.0. The first kappa shape index (κ1) is 42.0. The molecule has 0 N–H and O–H groups in total. The molecule has 0 bridgehead atoms. The second-order valence-corrected chi connectivity index (χ2v) is 19.3. The van der Waals surface area contributed by atoms with Crippen molar-refractivity contribution in [3.05, 3.63) is 174 Å². The molecule has 5 aromatic carbocycles. The zero-order valence-corrected chi connectivity index (χ0v) is 38.5. The molecule has 0 saturated carbocycles. The molecular weight excluding hydrogens is 904 g/mol. The number of hydrogen-bond donors (Lipinski definition) is 0. The Bertz CT molecular complexity index is 2640. The Hall–Kier alpha value is -5.12. The van der Waals surface area contributed by atoms with Crippen LogP contribution in [-0.2, 0) is 42.7 Å². The number of pyridine rings is 1. The molecule has 306 valence electrons. The van der Waals surface area contributed by atoms with Crippen LogP contribution in [0.3, 0.4) is 0 Å². The molecule has 7 aromatic rings. The zero-order chi connectivity index (χ0) is 41.2. The van der Waals surface area contributed by atoms with Crippen molar-refractivity contribution in [2.24, 2.45) is 0 Å². The number of rotatable bonds is 7. The van der Waals surface area contributed by atoms with Gasteiger partial charge in [0.2, 0.25) is 0 Å². The van der Waals surface area contributed by atoms with Crippen molar-refractivity contribution in [1.29, 1.82) is 0 Å². The molecule has 6 heteroatoms. The van der Waals surface area contributed by atoms with Crippen LogP contribution in [0.25, 0.3) is 27.6 Å². The Morgan fingerprint density at radius 2 is 1.19 bits per heavy atom. The fourth-order valence-electron chi connectivity index (χ4n) is 7.68. The van der Waals surface area contributed by atoms with E-state index in [9.17, 15) is 0 Å². The summed E-state index contributed by atoms with van der Waals surface area (Å²) in [5.74, 6) is 2.08. The minimum Gasteiger partial charge on any atom is -0.509 e. The second-order valence-electron chi connectivity index (χ2n) is 19.3. The summed E-state index contributed by atoms with van der Waals surface area (Å²) in [6.45, 7) is 27.0. The average Bonchev–Trinajstić information content (AvgIpc) is 3.81. The van der Waals surface area contributed by atoms with E-state index in [1.54, 1.807) is 0 Å². The molecule has 0 fully saturated rings. The van der Waals surface area contributed by atoms with E-state index in [2.05, 4.69) is 213 Å². The number of aromatic nitrogens is 2. The van der Waals surface area contributed by atoms with Crippen molar-refractivity contribution < 1.29 is 25.8 Å². The quantitative estimate of drug-likeness (QED) is 0.149. The summed E-state index contributed by atoms with van der Waals surface area (Å²) < 4.78 is 8.83. The predicted octanol–water partition coefficient (Wildman–Crippen LogP) is 13.7. The van der Waals surface area contributed by atoms with Crippen LogP contribution < -0.4 is 14.5 Å². The van der Waals surface area contributed by atoms with Gasteiger partial charge in [-0.25, -0.2) is 4.98 Å². The van der Waals surface area contributed by atoms with Crippen LogP contribution in [0.2, 0.25) is 0 Å². The Morgan fingerprint density at radius 1 is 0.542 bits per heavy atom. The largest absolute Gasteiger partial charge is 0.509 e. The molecule has 59 heavy (non-hydrogen) atoms. The van der Waals surface area contributed by atoms with Gasteiger partial charge >= 0.3 is 0 Å². The zero-order valence-electron chi connectivity index (χ0n) is 36.2. The van der Waals surface area contributed by atoms with Gasteiger partial charge in [0.05, 0.1) is 0 Å². The SMILES string of the molecule is CC(C)(C)c1cc(N2C=CN(c3[c-]c(Oc4[c-]c5c(cc4)c4ccc(C(C)(C)c6ccccc6)cc4n5-c4cc(C(C)(C)C)ccn4)ccc3)[CH-]2)cc(C(C)(C)C)c1.[Pt]. The van der Waals surface area contributed by atoms with Gasteiger partial charge in [0, 0.05) is 55.4 Å². The van der Waals surface area contributed by atoms with Gasteiger partial charge in [-0.2, -0.15) is 12.1 Å². The third kappa shape index (κ3) is 8.37. The Morgan fingerprint density at radius 3 is 1.86 bits per heavy atom. The van der Waals surface area contributed by atoms with Crippen LogP contribution in [0.4, 0.5) is 11.4 Å². The van der Waals surface area contributed by atoms with E-state index in [0.717, 1.165) is 39.0 Å². The molecule has 0 saturated heterocycles. The topological polar surface area (TPSA) is 33.5 Å². The van der Waals surface area contributed by atoms with Gasteiger partial charge in [0.25, 0.3) is 0 Å². The van der Waals surface area contributed by atoms with Gasteiger partial charge in [-0.1, -0.05) is 130 Å². The Labute approximate surface area is 366 Å². The van der Waals surface area contributed by atoms with Crippen LogP contribution in [0.15, 0.2) is 128 Å². The van der Waals surface area contributed by atoms with Crippen molar-refractivity contribution >= 4 is 33.2 Å². The molecule has 0 radical (unpaired) electrons. The maximum Gasteiger partial charge on any atom is 0.135 e. The smallest absolute Gasteiger partial charge is 0.135 e. The summed E-state index contributed by atoms with van der Waals surface area (Å²) >= 11 is 0. The summed E-state index contributed by atoms with van der Waals surface area (Å²) in [4.78, 5) is 9.22. The van der Waals surface area contributed by atoms with E-state index in [1.165, 1.54) is 27.8 Å². The van der Waals surface area contributed by atoms with E-state index < -0.39 is 0 Å². The number of anilines is 2. The van der Waals surface area contributed by atoms with Gasteiger partial charge < -0.3 is 19.1 Å². The summed E-state index contributed by atoms with van der Waals surface area (Å²) in [5.41, 5.74) is 10.2. The van der Waals surface area contributed by atoms with Crippen LogP contribution >= 0.6 is 0 Å². The van der Waals surface area contributed by atoms with E-state index in [4.69, 9.17) is 9.72 Å². The minimum atomic E-state index is -0.207. The molecule has 0 spiro atoms. The molecular formula is C53H55N4OPt-3. The molecule has 0 atom stereocenters. The van der Waals surface area contributed by atoms with E-state index in [0.29, 0.717) is 11.5 Å². The molecule has 2 aromatic heterocycles. The number of nitrogens with zero attached hydrogens (tertiary/aromatic N) is 4. The first-order chi connectivity index (χ1) is 27.4. The van der Waals surface area contributed by atoms with Crippen molar-refractivity contribution in [1.82, 2.24) is 9.55 Å². The van der Waals surface area contributed by atoms with Gasteiger partial charge in [-0.3, -0.25) is 0 Å². The minimum absolute atomic E-state index is 0. The van der Waals surface area contributed by atoms with Gasteiger partial charge in [0.15, 0.2) is 0 Å². The van der Waals surface area contributed by atoms with Crippen molar-refractivity contribution in [2.45, 2.75) is 97.8 Å². The van der Waals surface area contributed by atoms with Crippen LogP contribution in [-0.4, -0.2) is 9.55 Å². The van der Waals surface area contributed by atoms with Crippen molar-refractivity contribution in [3.63, 3.8) is 0 Å². The van der Waals surface area contributed by atoms with Gasteiger partial charge in [0.1, 0.15) is 5.82 Å². The van der Waals surface area contributed by atoms with E-state index >= 15 is 0 Å². The Balaban J connectivity index is 0.00000528. The van der Waals surface area contributed by atoms with Gasteiger partial charge in [-0.15, -0.1) is 48.1 Å². The fourth-order valence-corrected chi connectivity index (χ4v) is 7.68. The molecule has 0 aliphatic carbocycles. The van der Waals surface area contributed by atoms with Crippen LogP contribution in [0, 0.1) is 18.8 Å². The molecule has 3 heterocycles. The third-order valence-corrected chi connectivity index (χ3v) is 11.5. The summed E-state index contributed by atoms with van der Waals surface area (Å²) in [7, 11) is 0. The van der Waals surface area contributed by atoms with Gasteiger partial charge in [-0.05, 0) is 92.2 Å². The summed E-state index contributed by atoms with van der Waals surface area (Å²) in [6, 6.07) is 46.2. The monoisotopic (exact) mass is 958 g/mol. The number of benzene rings is 5. The maximum absolute atomic E-state index is 6.58. The average molecular weight is 959 g/mol. The molecule has 1 aliphatic heterocycles. The number of ether oxygens (including phenoxy) is 1. The van der Waals surface area contributed by atoms with E-state index in [1.807, 2.05) is 24.4 Å². The molecule has 8 rings (SSSR count). The number of hydrogen-bond acceptors (Lipinski definition) is 4. The normalized spacial score (nSPS) is 13.7. The fraction of sp³-hybridized carbons (Fsp3) is 0.283. The standard InChI is InChI=1S/C53H55N4O.Pt/c1-50(2,3)37-24-25-54-49(32-37)57-47-31-38(53(10,11)36-16-13-12-14-17-36)20-22-45(47)46-23-21-44(34-48(46)57)58-43-19-15-18-41(33-43)55-26-27-56(35-55)42-29-39(51(4,5)6)28-40(30-42)52(7,8)9;/h12-32,35H,1-11H3;/q-3;. The summed E-state index contributed by atoms with van der Waals surface area (Å²) in [5, 5.41) is 2.24. The van der Waals surface area contributed by atoms with Crippen molar-refractivity contribution in [3.8, 4) is 17.3 Å². The summed E-state index contributed by atoms with van der Waals surface area (Å²) in [6.07, 6.45) is 6.09. The van der Waals surface area contributed by atoms with Crippen LogP contribution in [0.1, 0.15) is 104 Å². The van der Waals surface area contributed by atoms with Crippen molar-refractivity contribution in [2.75, 3.05) is 9.80 Å². The molecule has 0 amide bonds. The number of fused-ring (bicyclic) bond motifs is 3. The third-order valence-electron chi connectivity index (χ3n) is 11.5.